The topological polar surface area (TPSA) is 81.7 Å². The summed E-state index contributed by atoms with van der Waals surface area (Å²) in [5.41, 5.74) is 0.0476. The number of nitrogens with one attached hydrogen (secondary N) is 1. The second kappa shape index (κ2) is 7.52. The van der Waals surface area contributed by atoms with Crippen molar-refractivity contribution in [3.8, 4) is 0 Å². The highest BCUT2D eigenvalue weighted by molar-refractivity contribution is 5.81. The van der Waals surface area contributed by atoms with E-state index in [2.05, 4.69) is 19.2 Å². The van der Waals surface area contributed by atoms with Gasteiger partial charge in [-0.3, -0.25) is 14.4 Å². The van der Waals surface area contributed by atoms with Gasteiger partial charge < -0.3 is 14.8 Å². The van der Waals surface area contributed by atoms with Crippen molar-refractivity contribution >= 4 is 17.8 Å². The Bertz CT molecular complexity index is 737. The molecule has 0 bridgehead atoms. The molecule has 0 spiro atoms. The highest BCUT2D eigenvalue weighted by Crippen LogP contribution is 2.63. The average molecular weight is 420 g/mol. The van der Waals surface area contributed by atoms with Gasteiger partial charge in [-0.15, -0.1) is 0 Å². The van der Waals surface area contributed by atoms with Crippen LogP contribution in [0, 0.1) is 34.5 Å². The Labute approximate surface area is 179 Å². The van der Waals surface area contributed by atoms with Crippen LogP contribution in [0.4, 0.5) is 0 Å². The van der Waals surface area contributed by atoms with Gasteiger partial charge in [0.1, 0.15) is 12.2 Å². The minimum absolute atomic E-state index is 0.0371. The number of carbonyl (C=O) groups is 3. The number of piperidine rings is 1. The van der Waals surface area contributed by atoms with Gasteiger partial charge in [-0.05, 0) is 74.5 Å². The molecule has 4 fully saturated rings. The monoisotopic (exact) mass is 419 g/mol. The fraction of sp³-hybridized carbons (Fsp3) is 0.875. The normalized spacial score (nSPS) is 46.0. The van der Waals surface area contributed by atoms with Crippen LogP contribution in [0.25, 0.3) is 0 Å². The molecule has 1 saturated heterocycles. The quantitative estimate of drug-likeness (QED) is 0.707. The first-order valence-corrected chi connectivity index (χ1v) is 11.7. The Balaban J connectivity index is 1.55. The minimum Gasteiger partial charge on any atom is -0.463 e. The summed E-state index contributed by atoms with van der Waals surface area (Å²) in [6.07, 6.45) is 6.51. The van der Waals surface area contributed by atoms with E-state index in [0.29, 0.717) is 24.2 Å². The molecule has 1 amide bonds. The first-order chi connectivity index (χ1) is 14.1. The van der Waals surface area contributed by atoms with Crippen LogP contribution >= 0.6 is 0 Å². The fourth-order valence-corrected chi connectivity index (χ4v) is 7.99. The molecule has 0 aromatic heterocycles. The van der Waals surface area contributed by atoms with Gasteiger partial charge in [0, 0.05) is 31.7 Å². The Morgan fingerprint density at radius 3 is 2.33 bits per heavy atom. The summed E-state index contributed by atoms with van der Waals surface area (Å²) in [6, 6.07) is 0.192. The number of ether oxygens (including phenoxy) is 2. The van der Waals surface area contributed by atoms with Gasteiger partial charge in [-0.2, -0.15) is 0 Å². The van der Waals surface area contributed by atoms with Crippen LogP contribution in [-0.4, -0.2) is 36.1 Å². The summed E-state index contributed by atoms with van der Waals surface area (Å²) in [7, 11) is 0. The number of hydrogen-bond donors (Lipinski definition) is 1. The summed E-state index contributed by atoms with van der Waals surface area (Å²) in [6.45, 7) is 9.61. The van der Waals surface area contributed by atoms with Crippen LogP contribution in [0.1, 0.15) is 79.6 Å². The standard InChI is InChI=1S/C24H37NO5/c1-13(29-14(2)26)17-6-7-18-21-19(9-11-23(17,18)4)24(5)10-8-16(30-15(3)27)12-20(24)22(28)25-21/h13,16-21H,6-12H2,1-5H3,(H,25,28)/t13-,16+,17-,18+,19+,20-,21+,23-,24-/m1/s1. The summed E-state index contributed by atoms with van der Waals surface area (Å²) in [5.74, 6) is 0.801. The molecule has 6 heteroatoms. The Morgan fingerprint density at radius 2 is 1.67 bits per heavy atom. The van der Waals surface area contributed by atoms with Crippen molar-refractivity contribution in [2.75, 3.05) is 0 Å². The predicted octanol–water partition coefficient (Wildman–Crippen LogP) is 3.62. The molecule has 1 heterocycles. The molecule has 3 saturated carbocycles. The molecule has 30 heavy (non-hydrogen) atoms. The molecule has 4 aliphatic rings. The van der Waals surface area contributed by atoms with Crippen LogP contribution in [0.5, 0.6) is 0 Å². The summed E-state index contributed by atoms with van der Waals surface area (Å²) < 4.78 is 11.1. The smallest absolute Gasteiger partial charge is 0.302 e. The molecule has 6 nitrogen and oxygen atoms in total. The van der Waals surface area contributed by atoms with Crippen LogP contribution in [0.2, 0.25) is 0 Å². The van der Waals surface area contributed by atoms with E-state index < -0.39 is 0 Å². The first-order valence-electron chi connectivity index (χ1n) is 11.7. The molecule has 0 aromatic carbocycles. The number of hydrogen-bond acceptors (Lipinski definition) is 5. The number of rotatable bonds is 3. The highest BCUT2D eigenvalue weighted by Gasteiger charge is 2.63. The molecule has 0 aromatic rings. The highest BCUT2D eigenvalue weighted by atomic mass is 16.5. The largest absolute Gasteiger partial charge is 0.463 e. The van der Waals surface area contributed by atoms with Crippen molar-refractivity contribution in [1.82, 2.24) is 5.32 Å². The first kappa shape index (κ1) is 21.6. The lowest BCUT2D eigenvalue weighted by Gasteiger charge is -2.60. The summed E-state index contributed by atoms with van der Waals surface area (Å²) in [5, 5.41) is 3.43. The van der Waals surface area contributed by atoms with E-state index >= 15 is 0 Å². The van der Waals surface area contributed by atoms with Gasteiger partial charge in [0.25, 0.3) is 0 Å². The van der Waals surface area contributed by atoms with E-state index in [1.807, 2.05) is 6.92 Å². The third-order valence-electron chi connectivity index (χ3n) is 9.37. The molecule has 0 unspecified atom stereocenters. The second-order valence-electron chi connectivity index (χ2n) is 10.9. The van der Waals surface area contributed by atoms with E-state index in [0.717, 1.165) is 38.5 Å². The van der Waals surface area contributed by atoms with E-state index in [9.17, 15) is 14.4 Å². The molecule has 0 radical (unpaired) electrons. The molecule has 4 rings (SSSR count). The van der Waals surface area contributed by atoms with Gasteiger partial charge in [0.2, 0.25) is 5.91 Å². The van der Waals surface area contributed by atoms with Crippen LogP contribution in [0.15, 0.2) is 0 Å². The lowest BCUT2D eigenvalue weighted by Crippen LogP contribution is -2.66. The summed E-state index contributed by atoms with van der Waals surface area (Å²) >= 11 is 0. The molecule has 1 N–H and O–H groups in total. The number of fused-ring (bicyclic) bond motifs is 5. The van der Waals surface area contributed by atoms with Gasteiger partial charge in [0.05, 0.1) is 0 Å². The van der Waals surface area contributed by atoms with E-state index in [4.69, 9.17) is 9.47 Å². The van der Waals surface area contributed by atoms with Crippen molar-refractivity contribution in [3.05, 3.63) is 0 Å². The minimum atomic E-state index is -0.259. The lowest BCUT2D eigenvalue weighted by molar-refractivity contribution is -0.168. The molecule has 1 aliphatic heterocycles. The van der Waals surface area contributed by atoms with Crippen molar-refractivity contribution in [3.63, 3.8) is 0 Å². The zero-order valence-corrected chi connectivity index (χ0v) is 19.0. The SMILES string of the molecule is CC(=O)O[C@H]1CC[C@@]2(C)[C@H](C1)C(=O)N[C@@H]1[C@@H]2CC[C@]2(C)[C@@H]([C@@H](C)OC(C)=O)CC[C@@H]12. The maximum absolute atomic E-state index is 13.3. The Hall–Kier alpha value is -1.59. The molecule has 168 valence electrons. The van der Waals surface area contributed by atoms with Crippen molar-refractivity contribution in [1.29, 1.82) is 0 Å². The lowest BCUT2D eigenvalue weighted by atomic mass is 9.48. The third kappa shape index (κ3) is 3.34. The third-order valence-corrected chi connectivity index (χ3v) is 9.37. The Morgan fingerprint density at radius 1 is 1.00 bits per heavy atom. The van der Waals surface area contributed by atoms with Crippen LogP contribution in [-0.2, 0) is 23.9 Å². The average Bonchev–Trinajstić information content (AvgIpc) is 2.99. The second-order valence-corrected chi connectivity index (χ2v) is 10.9. The Kier molecular flexibility index (Phi) is 5.43. The van der Waals surface area contributed by atoms with Crippen LogP contribution in [0.3, 0.4) is 0 Å². The van der Waals surface area contributed by atoms with Gasteiger partial charge >= 0.3 is 11.9 Å². The molecule has 3 aliphatic carbocycles. The van der Waals surface area contributed by atoms with Crippen molar-refractivity contribution in [2.24, 2.45) is 34.5 Å². The van der Waals surface area contributed by atoms with Gasteiger partial charge in [-0.1, -0.05) is 13.8 Å². The zero-order valence-electron chi connectivity index (χ0n) is 19.0. The van der Waals surface area contributed by atoms with Crippen LogP contribution < -0.4 is 5.32 Å². The number of amides is 1. The molecular weight excluding hydrogens is 382 g/mol. The summed E-state index contributed by atoms with van der Waals surface area (Å²) in [4.78, 5) is 36.2. The molecule has 9 atom stereocenters. The molecular formula is C24H37NO5. The van der Waals surface area contributed by atoms with E-state index in [1.54, 1.807) is 0 Å². The number of carbonyl (C=O) groups excluding carboxylic acids is 3. The zero-order chi connectivity index (χ0) is 21.8. The van der Waals surface area contributed by atoms with Crippen molar-refractivity contribution < 1.29 is 23.9 Å². The van der Waals surface area contributed by atoms with Crippen molar-refractivity contribution in [2.45, 2.75) is 97.8 Å². The maximum atomic E-state index is 13.3. The fourth-order valence-electron chi connectivity index (χ4n) is 7.99. The van der Waals surface area contributed by atoms with E-state index in [-0.39, 0.29) is 52.8 Å². The van der Waals surface area contributed by atoms with Gasteiger partial charge in [0.15, 0.2) is 0 Å². The predicted molar refractivity (Wildman–Crippen MR) is 111 cm³/mol. The maximum Gasteiger partial charge on any atom is 0.302 e. The van der Waals surface area contributed by atoms with E-state index in [1.165, 1.54) is 13.8 Å². The van der Waals surface area contributed by atoms with Gasteiger partial charge in [-0.25, -0.2) is 0 Å². The number of esters is 2.